The van der Waals surface area contributed by atoms with Crippen LogP contribution in [-0.2, 0) is 9.59 Å². The van der Waals surface area contributed by atoms with E-state index in [2.05, 4.69) is 31.9 Å². The Balaban J connectivity index is 1.49. The lowest BCUT2D eigenvalue weighted by molar-refractivity contribution is -0.116. The van der Waals surface area contributed by atoms with Crippen LogP contribution in [0.4, 0.5) is 15.8 Å². The Morgan fingerprint density at radius 2 is 1.62 bits per heavy atom. The van der Waals surface area contributed by atoms with Crippen molar-refractivity contribution >= 4 is 74.5 Å². The fourth-order valence-electron chi connectivity index (χ4n) is 3.80. The van der Waals surface area contributed by atoms with Crippen LogP contribution < -0.4 is 16.0 Å². The monoisotopic (exact) mass is 665 g/mol. The van der Waals surface area contributed by atoms with Crippen LogP contribution in [0, 0.1) is 5.82 Å². The van der Waals surface area contributed by atoms with E-state index in [4.69, 9.17) is 11.6 Å². The SMILES string of the molecule is CCC(Sc1cccc(NC(=O)/C(=C/c2ccc(Br)cc2)NC(=O)c2ccccc2)c1)C(=O)Nc1ccc(F)c(Cl)c1. The molecule has 6 nitrogen and oxygen atoms in total. The molecule has 214 valence electrons. The first-order valence-corrected chi connectivity index (χ1v) is 14.9. The average molecular weight is 667 g/mol. The lowest BCUT2D eigenvalue weighted by Crippen LogP contribution is -2.30. The number of hydrogen-bond donors (Lipinski definition) is 3. The fraction of sp³-hybridized carbons (Fsp3) is 0.0938. The predicted octanol–water partition coefficient (Wildman–Crippen LogP) is 8.16. The number of hydrogen-bond acceptors (Lipinski definition) is 4. The van der Waals surface area contributed by atoms with Crippen LogP contribution in [0.15, 0.2) is 112 Å². The van der Waals surface area contributed by atoms with E-state index in [1.165, 1.54) is 30.0 Å². The van der Waals surface area contributed by atoms with E-state index in [1.807, 2.05) is 37.3 Å². The van der Waals surface area contributed by atoms with Crippen LogP contribution in [0.1, 0.15) is 29.3 Å². The number of benzene rings is 4. The quantitative estimate of drug-likeness (QED) is 0.118. The van der Waals surface area contributed by atoms with Crippen molar-refractivity contribution in [1.29, 1.82) is 0 Å². The molecular weight excluding hydrogens is 641 g/mol. The third-order valence-electron chi connectivity index (χ3n) is 5.93. The van der Waals surface area contributed by atoms with Gasteiger partial charge in [0.2, 0.25) is 5.91 Å². The second kappa shape index (κ2) is 14.8. The van der Waals surface area contributed by atoms with Crippen LogP contribution in [0.2, 0.25) is 5.02 Å². The number of amides is 3. The molecule has 0 aromatic heterocycles. The smallest absolute Gasteiger partial charge is 0.272 e. The van der Waals surface area contributed by atoms with Gasteiger partial charge in [-0.15, -0.1) is 11.8 Å². The minimum absolute atomic E-state index is 0.0630. The minimum atomic E-state index is -0.565. The normalized spacial score (nSPS) is 11.9. The topological polar surface area (TPSA) is 87.3 Å². The highest BCUT2D eigenvalue weighted by atomic mass is 79.9. The van der Waals surface area contributed by atoms with Gasteiger partial charge in [0.05, 0.1) is 10.3 Å². The zero-order valence-electron chi connectivity index (χ0n) is 22.4. The van der Waals surface area contributed by atoms with Gasteiger partial charge < -0.3 is 16.0 Å². The fourth-order valence-corrected chi connectivity index (χ4v) is 5.26. The highest BCUT2D eigenvalue weighted by Gasteiger charge is 2.20. The van der Waals surface area contributed by atoms with Crippen molar-refractivity contribution in [1.82, 2.24) is 5.32 Å². The predicted molar refractivity (Wildman–Crippen MR) is 171 cm³/mol. The maximum atomic E-state index is 13.5. The van der Waals surface area contributed by atoms with Gasteiger partial charge in [0.15, 0.2) is 0 Å². The lowest BCUT2D eigenvalue weighted by atomic mass is 10.1. The molecule has 0 aliphatic rings. The molecule has 3 amide bonds. The number of anilines is 2. The molecule has 0 saturated heterocycles. The summed E-state index contributed by atoms with van der Waals surface area (Å²) in [4.78, 5) is 40.0. The van der Waals surface area contributed by atoms with Crippen LogP contribution >= 0.6 is 39.3 Å². The Hall–Kier alpha value is -3.92. The third-order valence-corrected chi connectivity index (χ3v) is 8.11. The van der Waals surface area contributed by atoms with Crippen molar-refractivity contribution in [3.63, 3.8) is 0 Å². The van der Waals surface area contributed by atoms with Crippen molar-refractivity contribution in [2.75, 3.05) is 10.6 Å². The molecule has 0 fully saturated rings. The van der Waals surface area contributed by atoms with Crippen molar-refractivity contribution < 1.29 is 18.8 Å². The van der Waals surface area contributed by atoms with Gasteiger partial charge in [0, 0.05) is 26.3 Å². The third kappa shape index (κ3) is 8.79. The van der Waals surface area contributed by atoms with Crippen molar-refractivity contribution in [3.05, 3.63) is 129 Å². The first-order valence-electron chi connectivity index (χ1n) is 12.9. The van der Waals surface area contributed by atoms with Gasteiger partial charge in [-0.3, -0.25) is 14.4 Å². The van der Waals surface area contributed by atoms with Gasteiger partial charge in [-0.2, -0.15) is 0 Å². The van der Waals surface area contributed by atoms with E-state index >= 15 is 0 Å². The van der Waals surface area contributed by atoms with Crippen LogP contribution in [0.3, 0.4) is 0 Å². The Morgan fingerprint density at radius 1 is 0.905 bits per heavy atom. The van der Waals surface area contributed by atoms with Gasteiger partial charge >= 0.3 is 0 Å². The minimum Gasteiger partial charge on any atom is -0.325 e. The van der Waals surface area contributed by atoms with Gasteiger partial charge in [0.25, 0.3) is 11.8 Å². The summed E-state index contributed by atoms with van der Waals surface area (Å²) in [7, 11) is 0. The summed E-state index contributed by atoms with van der Waals surface area (Å²) in [5.41, 5.74) is 2.08. The van der Waals surface area contributed by atoms with Crippen molar-refractivity contribution in [2.24, 2.45) is 0 Å². The summed E-state index contributed by atoms with van der Waals surface area (Å²) in [6, 6.07) is 27.0. The standard InChI is InChI=1S/C32H26BrClFN3O3S/c1-2-29(32(41)37-24-15-16-27(35)26(34)19-24)42-25-10-6-9-23(18-25)36-31(40)28(17-20-11-13-22(33)14-12-20)38-30(39)21-7-4-3-5-8-21/h3-19,29H,2H2,1H3,(H,36,40)(H,37,41)(H,38,39)/b28-17-. The van der Waals surface area contributed by atoms with Crippen LogP contribution in [-0.4, -0.2) is 23.0 Å². The Labute approximate surface area is 260 Å². The number of halogens is 3. The second-order valence-corrected chi connectivity index (χ2v) is 11.6. The summed E-state index contributed by atoms with van der Waals surface area (Å²) in [5, 5.41) is 7.80. The lowest BCUT2D eigenvalue weighted by Gasteiger charge is -2.16. The van der Waals surface area contributed by atoms with Gasteiger partial charge in [-0.1, -0.05) is 70.9 Å². The molecule has 1 unspecified atom stereocenters. The number of thioether (sulfide) groups is 1. The number of rotatable bonds is 10. The Morgan fingerprint density at radius 3 is 2.31 bits per heavy atom. The molecule has 10 heteroatoms. The largest absolute Gasteiger partial charge is 0.325 e. The summed E-state index contributed by atoms with van der Waals surface area (Å²) < 4.78 is 14.4. The first-order chi connectivity index (χ1) is 20.2. The summed E-state index contributed by atoms with van der Waals surface area (Å²) in [6.45, 7) is 1.88. The molecule has 0 radical (unpaired) electrons. The zero-order chi connectivity index (χ0) is 30.1. The van der Waals surface area contributed by atoms with E-state index in [9.17, 15) is 18.8 Å². The molecule has 4 rings (SSSR count). The van der Waals surface area contributed by atoms with E-state index in [-0.39, 0.29) is 16.6 Å². The molecule has 4 aromatic carbocycles. The van der Waals surface area contributed by atoms with E-state index in [1.54, 1.807) is 54.6 Å². The molecular formula is C32H26BrClFN3O3S. The number of carbonyl (C=O) groups is 3. The van der Waals surface area contributed by atoms with Crippen molar-refractivity contribution in [3.8, 4) is 0 Å². The summed E-state index contributed by atoms with van der Waals surface area (Å²) in [5.74, 6) is -1.76. The van der Waals surface area contributed by atoms with Gasteiger partial charge in [0.1, 0.15) is 11.5 Å². The molecule has 42 heavy (non-hydrogen) atoms. The summed E-state index contributed by atoms with van der Waals surface area (Å²) >= 11 is 10.6. The molecule has 0 aliphatic heterocycles. The maximum Gasteiger partial charge on any atom is 0.272 e. The molecule has 3 N–H and O–H groups in total. The average Bonchev–Trinajstić information content (AvgIpc) is 2.99. The number of carbonyl (C=O) groups excluding carboxylic acids is 3. The molecule has 0 saturated carbocycles. The maximum absolute atomic E-state index is 13.5. The Kier molecular flexibility index (Phi) is 10.9. The highest BCUT2D eigenvalue weighted by Crippen LogP contribution is 2.29. The molecule has 0 aliphatic carbocycles. The van der Waals surface area contributed by atoms with E-state index in [0.29, 0.717) is 23.4 Å². The molecule has 0 heterocycles. The molecule has 4 aromatic rings. The number of nitrogens with one attached hydrogen (secondary N) is 3. The zero-order valence-corrected chi connectivity index (χ0v) is 25.5. The summed E-state index contributed by atoms with van der Waals surface area (Å²) in [6.07, 6.45) is 2.12. The Bertz CT molecular complexity index is 1620. The van der Waals surface area contributed by atoms with E-state index in [0.717, 1.165) is 14.9 Å². The van der Waals surface area contributed by atoms with Gasteiger partial charge in [-0.25, -0.2) is 4.39 Å². The van der Waals surface area contributed by atoms with Crippen LogP contribution in [0.5, 0.6) is 0 Å². The van der Waals surface area contributed by atoms with E-state index < -0.39 is 22.9 Å². The first kappa shape index (κ1) is 31.0. The molecule has 0 bridgehead atoms. The van der Waals surface area contributed by atoms with Crippen LogP contribution in [0.25, 0.3) is 6.08 Å². The highest BCUT2D eigenvalue weighted by molar-refractivity contribution is 9.10. The second-order valence-electron chi connectivity index (χ2n) is 9.04. The molecule has 1 atom stereocenters. The van der Waals surface area contributed by atoms with Crippen molar-refractivity contribution in [2.45, 2.75) is 23.5 Å². The molecule has 0 spiro atoms. The van der Waals surface area contributed by atoms with Gasteiger partial charge in [-0.05, 0) is 78.7 Å².